The summed E-state index contributed by atoms with van der Waals surface area (Å²) in [5.41, 5.74) is 1.95. The number of nitrogens with zero attached hydrogens (tertiary/aromatic N) is 3. The lowest BCUT2D eigenvalue weighted by Gasteiger charge is -2.10. The van der Waals surface area contributed by atoms with E-state index in [1.165, 1.54) is 4.40 Å². The molecule has 0 radical (unpaired) electrons. The molecule has 1 atom stereocenters. The number of aromatic amines is 1. The van der Waals surface area contributed by atoms with Gasteiger partial charge in [-0.1, -0.05) is 6.07 Å². The minimum Gasteiger partial charge on any atom is -0.344 e. The Kier molecular flexibility index (Phi) is 3.40. The van der Waals surface area contributed by atoms with E-state index in [1.54, 1.807) is 25.4 Å². The smallest absolute Gasteiger partial charge is 0.275 e. The molecule has 3 heterocycles. The summed E-state index contributed by atoms with van der Waals surface area (Å²) >= 11 is 0. The molecule has 7 heteroatoms. The topological polar surface area (TPSA) is 75.1 Å². The van der Waals surface area contributed by atoms with Gasteiger partial charge in [0.15, 0.2) is 5.69 Å². The Labute approximate surface area is 126 Å². The average Bonchev–Trinajstić information content (AvgIpc) is 3.04. The van der Waals surface area contributed by atoms with Crippen molar-refractivity contribution in [2.24, 2.45) is 0 Å². The van der Waals surface area contributed by atoms with Gasteiger partial charge in [0.25, 0.3) is 5.91 Å². The summed E-state index contributed by atoms with van der Waals surface area (Å²) in [7, 11) is 0. The van der Waals surface area contributed by atoms with Gasteiger partial charge in [0.1, 0.15) is 11.5 Å². The first-order valence-electron chi connectivity index (χ1n) is 6.92. The van der Waals surface area contributed by atoms with E-state index in [-0.39, 0.29) is 11.7 Å². The van der Waals surface area contributed by atoms with Crippen LogP contribution < -0.4 is 5.32 Å². The molecule has 0 fully saturated rings. The highest BCUT2D eigenvalue weighted by Gasteiger charge is 2.21. The zero-order chi connectivity index (χ0) is 15.9. The third-order valence-electron chi connectivity index (χ3n) is 3.40. The van der Waals surface area contributed by atoms with Crippen molar-refractivity contribution in [2.75, 3.05) is 0 Å². The number of hydrogen-bond donors (Lipinski definition) is 2. The highest BCUT2D eigenvalue weighted by Crippen LogP contribution is 2.14. The minimum absolute atomic E-state index is 0.222. The third kappa shape index (κ3) is 2.45. The second-order valence-electron chi connectivity index (χ2n) is 5.33. The van der Waals surface area contributed by atoms with Crippen LogP contribution in [0.5, 0.6) is 0 Å². The number of rotatable bonds is 3. The molecule has 0 aliphatic heterocycles. The standard InChI is InChI=1S/C15H16FN5O/c1-8-4-5-11-20-12(13(16)21(11)7-8)15(22)19-10(3)14-17-6-9(2)18-14/h4-7,10H,1-3H3,(H,17,18)(H,19,22)/t10-/m0/s1. The number of halogens is 1. The fraction of sp³-hybridized carbons (Fsp3) is 0.267. The van der Waals surface area contributed by atoms with Crippen LogP contribution in [0.2, 0.25) is 0 Å². The minimum atomic E-state index is -0.668. The van der Waals surface area contributed by atoms with E-state index in [1.807, 2.05) is 19.9 Å². The van der Waals surface area contributed by atoms with E-state index in [4.69, 9.17) is 0 Å². The zero-order valence-corrected chi connectivity index (χ0v) is 12.5. The molecule has 0 saturated carbocycles. The van der Waals surface area contributed by atoms with Crippen LogP contribution in [0.3, 0.4) is 0 Å². The quantitative estimate of drug-likeness (QED) is 0.779. The van der Waals surface area contributed by atoms with Gasteiger partial charge in [-0.25, -0.2) is 9.97 Å². The van der Waals surface area contributed by atoms with Gasteiger partial charge < -0.3 is 10.3 Å². The molecule has 3 aromatic heterocycles. The van der Waals surface area contributed by atoms with Crippen LogP contribution in [0.15, 0.2) is 24.5 Å². The molecule has 3 rings (SSSR count). The molecule has 0 saturated heterocycles. The molecule has 22 heavy (non-hydrogen) atoms. The van der Waals surface area contributed by atoms with Gasteiger partial charge in [0, 0.05) is 18.1 Å². The van der Waals surface area contributed by atoms with Crippen LogP contribution >= 0.6 is 0 Å². The number of nitrogens with one attached hydrogen (secondary N) is 2. The predicted molar refractivity (Wildman–Crippen MR) is 79.1 cm³/mol. The molecule has 0 aromatic carbocycles. The number of carbonyl (C=O) groups excluding carboxylic acids is 1. The fourth-order valence-corrected chi connectivity index (χ4v) is 2.25. The molecule has 2 N–H and O–H groups in total. The summed E-state index contributed by atoms with van der Waals surface area (Å²) in [4.78, 5) is 23.5. The maximum Gasteiger partial charge on any atom is 0.275 e. The van der Waals surface area contributed by atoms with Gasteiger partial charge in [0.05, 0.1) is 6.04 Å². The van der Waals surface area contributed by atoms with Crippen LogP contribution in [0.4, 0.5) is 4.39 Å². The van der Waals surface area contributed by atoms with E-state index < -0.39 is 11.9 Å². The van der Waals surface area contributed by atoms with Crippen molar-refractivity contribution in [3.8, 4) is 0 Å². The lowest BCUT2D eigenvalue weighted by molar-refractivity contribution is 0.0929. The van der Waals surface area contributed by atoms with Crippen LogP contribution in [0, 0.1) is 19.8 Å². The molecule has 6 nitrogen and oxygen atoms in total. The number of pyridine rings is 1. The monoisotopic (exact) mass is 301 g/mol. The molecular weight excluding hydrogens is 285 g/mol. The van der Waals surface area contributed by atoms with Gasteiger partial charge in [-0.3, -0.25) is 9.20 Å². The van der Waals surface area contributed by atoms with Crippen molar-refractivity contribution in [3.05, 3.63) is 53.2 Å². The van der Waals surface area contributed by atoms with Crippen molar-refractivity contribution in [3.63, 3.8) is 0 Å². The first-order valence-corrected chi connectivity index (χ1v) is 6.92. The van der Waals surface area contributed by atoms with Crippen molar-refractivity contribution >= 4 is 11.6 Å². The number of hydrogen-bond acceptors (Lipinski definition) is 3. The molecule has 0 unspecified atom stereocenters. The third-order valence-corrected chi connectivity index (χ3v) is 3.40. The molecule has 114 valence electrons. The number of H-pyrrole nitrogens is 1. The van der Waals surface area contributed by atoms with Gasteiger partial charge >= 0.3 is 0 Å². The van der Waals surface area contributed by atoms with E-state index in [2.05, 4.69) is 20.3 Å². The molecular formula is C15H16FN5O. The molecule has 0 aliphatic rings. The summed E-state index contributed by atoms with van der Waals surface area (Å²) < 4.78 is 15.6. The summed E-state index contributed by atoms with van der Waals surface area (Å²) in [5.74, 6) is -0.620. The van der Waals surface area contributed by atoms with Crippen molar-refractivity contribution in [2.45, 2.75) is 26.8 Å². The highest BCUT2D eigenvalue weighted by atomic mass is 19.1. The molecule has 3 aromatic rings. The van der Waals surface area contributed by atoms with Crippen molar-refractivity contribution < 1.29 is 9.18 Å². The SMILES string of the molecule is Cc1ccc2nc(C(=O)N[C@@H](C)c3ncc(C)[nH]3)c(F)n2c1. The summed E-state index contributed by atoms with van der Waals surface area (Å²) in [6, 6.07) is 3.12. The van der Waals surface area contributed by atoms with Gasteiger partial charge in [0.2, 0.25) is 5.95 Å². The Bertz CT molecular complexity index is 851. The van der Waals surface area contributed by atoms with Crippen LogP contribution in [0.1, 0.15) is 40.5 Å². The van der Waals surface area contributed by atoms with Gasteiger partial charge in [-0.2, -0.15) is 4.39 Å². The Morgan fingerprint density at radius 2 is 2.18 bits per heavy atom. The van der Waals surface area contributed by atoms with Crippen molar-refractivity contribution in [1.82, 2.24) is 24.7 Å². The van der Waals surface area contributed by atoms with E-state index in [0.29, 0.717) is 11.5 Å². The maximum atomic E-state index is 14.3. The number of imidazole rings is 2. The summed E-state index contributed by atoms with van der Waals surface area (Å²) in [6.07, 6.45) is 3.28. The molecule has 1 amide bonds. The Morgan fingerprint density at radius 1 is 1.41 bits per heavy atom. The molecule has 0 aliphatic carbocycles. The van der Waals surface area contributed by atoms with Gasteiger partial charge in [-0.05, 0) is 32.4 Å². The Morgan fingerprint density at radius 3 is 2.86 bits per heavy atom. The zero-order valence-electron chi connectivity index (χ0n) is 12.5. The largest absolute Gasteiger partial charge is 0.344 e. The highest BCUT2D eigenvalue weighted by molar-refractivity contribution is 5.93. The number of carbonyl (C=O) groups is 1. The summed E-state index contributed by atoms with van der Waals surface area (Å²) in [5, 5.41) is 2.69. The first kappa shape index (κ1) is 14.2. The number of aromatic nitrogens is 4. The first-order chi connectivity index (χ1) is 10.5. The van der Waals surface area contributed by atoms with Crippen LogP contribution in [0.25, 0.3) is 5.65 Å². The number of amides is 1. The molecule has 0 bridgehead atoms. The lowest BCUT2D eigenvalue weighted by atomic mass is 10.3. The van der Waals surface area contributed by atoms with Crippen LogP contribution in [-0.4, -0.2) is 25.3 Å². The summed E-state index contributed by atoms with van der Waals surface area (Å²) in [6.45, 7) is 5.49. The number of fused-ring (bicyclic) bond motifs is 1. The number of aryl methyl sites for hydroxylation is 2. The van der Waals surface area contributed by atoms with E-state index >= 15 is 0 Å². The fourth-order valence-electron chi connectivity index (χ4n) is 2.25. The second-order valence-corrected chi connectivity index (χ2v) is 5.33. The second kappa shape index (κ2) is 5.25. The Hall–Kier alpha value is -2.70. The van der Waals surface area contributed by atoms with Gasteiger partial charge in [-0.15, -0.1) is 0 Å². The molecule has 0 spiro atoms. The van der Waals surface area contributed by atoms with E-state index in [9.17, 15) is 9.18 Å². The average molecular weight is 301 g/mol. The Balaban J connectivity index is 1.87. The maximum absolute atomic E-state index is 14.3. The lowest BCUT2D eigenvalue weighted by Crippen LogP contribution is -2.28. The predicted octanol–water partition coefficient (Wildman–Crippen LogP) is 2.30. The normalized spacial score (nSPS) is 12.5. The van der Waals surface area contributed by atoms with Crippen molar-refractivity contribution in [1.29, 1.82) is 0 Å². The van der Waals surface area contributed by atoms with E-state index in [0.717, 1.165) is 11.3 Å². The van der Waals surface area contributed by atoms with Crippen LogP contribution in [-0.2, 0) is 0 Å².